The van der Waals surface area contributed by atoms with Gasteiger partial charge >= 0.3 is 5.97 Å². The summed E-state index contributed by atoms with van der Waals surface area (Å²) in [6, 6.07) is 0. The molecule has 9 nitrogen and oxygen atoms in total. The maximum atomic E-state index is 11.9. The quantitative estimate of drug-likeness (QED) is 0.701. The van der Waals surface area contributed by atoms with Gasteiger partial charge in [0, 0.05) is 12.6 Å². The fraction of sp³-hybridized carbons (Fsp3) is 0.417. The summed E-state index contributed by atoms with van der Waals surface area (Å²) >= 11 is 0. The van der Waals surface area contributed by atoms with Crippen LogP contribution in [0.5, 0.6) is 0 Å². The molecule has 9 heteroatoms. The van der Waals surface area contributed by atoms with E-state index in [1.807, 2.05) is 6.92 Å². The molecule has 0 aliphatic rings. The van der Waals surface area contributed by atoms with Crippen molar-refractivity contribution in [2.75, 3.05) is 5.32 Å². The number of rotatable bonds is 6. The van der Waals surface area contributed by atoms with Crippen molar-refractivity contribution in [3.05, 3.63) is 23.3 Å². The van der Waals surface area contributed by atoms with Crippen LogP contribution in [0.4, 0.5) is 5.69 Å². The van der Waals surface area contributed by atoms with Gasteiger partial charge in [-0.25, -0.2) is 4.68 Å². The number of carboxylic acid groups (broad SMARTS) is 1. The SMILES string of the molecule is Cc1n[nH]c(C)c1NC(=O)Cn1cc(CCC(=O)O)nn1. The molecule has 112 valence electrons. The number of hydrogen-bond donors (Lipinski definition) is 3. The average Bonchev–Trinajstić information content (AvgIpc) is 2.98. The van der Waals surface area contributed by atoms with E-state index < -0.39 is 5.97 Å². The second-order valence-corrected chi connectivity index (χ2v) is 4.66. The highest BCUT2D eigenvalue weighted by molar-refractivity contribution is 5.91. The summed E-state index contributed by atoms with van der Waals surface area (Å²) in [7, 11) is 0. The number of aromatic amines is 1. The lowest BCUT2D eigenvalue weighted by molar-refractivity contribution is -0.137. The molecule has 0 radical (unpaired) electrons. The number of nitrogens with zero attached hydrogens (tertiary/aromatic N) is 4. The van der Waals surface area contributed by atoms with Crippen LogP contribution in [0.25, 0.3) is 0 Å². The van der Waals surface area contributed by atoms with Crippen LogP contribution in [-0.2, 0) is 22.6 Å². The highest BCUT2D eigenvalue weighted by Crippen LogP contribution is 2.15. The van der Waals surface area contributed by atoms with Crippen molar-refractivity contribution in [2.24, 2.45) is 0 Å². The molecular weight excluding hydrogens is 276 g/mol. The normalized spacial score (nSPS) is 10.6. The van der Waals surface area contributed by atoms with Gasteiger partial charge in [-0.2, -0.15) is 5.10 Å². The Labute approximate surface area is 120 Å². The molecule has 2 heterocycles. The number of anilines is 1. The second-order valence-electron chi connectivity index (χ2n) is 4.66. The van der Waals surface area contributed by atoms with Crippen molar-refractivity contribution < 1.29 is 14.7 Å². The van der Waals surface area contributed by atoms with Crippen molar-refractivity contribution in [2.45, 2.75) is 33.2 Å². The second kappa shape index (κ2) is 6.16. The first-order valence-electron chi connectivity index (χ1n) is 6.38. The van der Waals surface area contributed by atoms with E-state index in [1.54, 1.807) is 13.1 Å². The number of aryl methyl sites for hydroxylation is 3. The van der Waals surface area contributed by atoms with Gasteiger partial charge < -0.3 is 10.4 Å². The van der Waals surface area contributed by atoms with E-state index in [4.69, 9.17) is 5.11 Å². The number of aromatic nitrogens is 5. The number of carbonyl (C=O) groups excluding carboxylic acids is 1. The maximum Gasteiger partial charge on any atom is 0.303 e. The summed E-state index contributed by atoms with van der Waals surface area (Å²) in [6.07, 6.45) is 1.84. The van der Waals surface area contributed by atoms with Crippen molar-refractivity contribution >= 4 is 17.6 Å². The van der Waals surface area contributed by atoms with Gasteiger partial charge in [0.1, 0.15) is 6.54 Å². The van der Waals surface area contributed by atoms with Gasteiger partial charge in [0.05, 0.1) is 29.2 Å². The monoisotopic (exact) mass is 292 g/mol. The lowest BCUT2D eigenvalue weighted by atomic mass is 10.2. The molecule has 0 saturated carbocycles. The smallest absolute Gasteiger partial charge is 0.303 e. The number of carbonyl (C=O) groups is 2. The molecule has 0 atom stereocenters. The molecule has 2 aromatic heterocycles. The molecule has 0 spiro atoms. The Morgan fingerprint density at radius 2 is 2.19 bits per heavy atom. The first kappa shape index (κ1) is 14.7. The van der Waals surface area contributed by atoms with Crippen LogP contribution >= 0.6 is 0 Å². The summed E-state index contributed by atoms with van der Waals surface area (Å²) in [6.45, 7) is 3.61. The predicted octanol–water partition coefficient (Wildman–Crippen LogP) is 0.274. The summed E-state index contributed by atoms with van der Waals surface area (Å²) in [5.41, 5.74) is 2.69. The number of hydrogen-bond acceptors (Lipinski definition) is 5. The number of aliphatic carboxylic acids is 1. The molecule has 0 saturated heterocycles. The van der Waals surface area contributed by atoms with E-state index >= 15 is 0 Å². The molecule has 0 bridgehead atoms. The van der Waals surface area contributed by atoms with E-state index in [2.05, 4.69) is 25.8 Å². The largest absolute Gasteiger partial charge is 0.481 e. The summed E-state index contributed by atoms with van der Waals surface area (Å²) in [5.74, 6) is -1.15. The van der Waals surface area contributed by atoms with Crippen LogP contribution in [0, 0.1) is 13.8 Å². The fourth-order valence-electron chi connectivity index (χ4n) is 1.83. The minimum absolute atomic E-state index is 0.00410. The van der Waals surface area contributed by atoms with E-state index in [-0.39, 0.29) is 25.3 Å². The zero-order valence-electron chi connectivity index (χ0n) is 11.8. The number of carboxylic acids is 1. The Morgan fingerprint density at radius 3 is 2.81 bits per heavy atom. The Morgan fingerprint density at radius 1 is 1.43 bits per heavy atom. The van der Waals surface area contributed by atoms with Crippen LogP contribution in [0.1, 0.15) is 23.5 Å². The minimum Gasteiger partial charge on any atom is -0.481 e. The van der Waals surface area contributed by atoms with Crippen molar-refractivity contribution in [1.82, 2.24) is 25.2 Å². The van der Waals surface area contributed by atoms with E-state index in [9.17, 15) is 9.59 Å². The third kappa shape index (κ3) is 3.88. The van der Waals surface area contributed by atoms with Gasteiger partial charge in [-0.15, -0.1) is 5.10 Å². The molecule has 2 rings (SSSR count). The zero-order chi connectivity index (χ0) is 15.4. The molecule has 21 heavy (non-hydrogen) atoms. The van der Waals surface area contributed by atoms with E-state index in [1.165, 1.54) is 4.68 Å². The average molecular weight is 292 g/mol. The number of amides is 1. The molecular formula is C12H16N6O3. The third-order valence-corrected chi connectivity index (χ3v) is 2.88. The highest BCUT2D eigenvalue weighted by atomic mass is 16.4. The first-order chi connectivity index (χ1) is 9.95. The number of nitrogens with one attached hydrogen (secondary N) is 2. The van der Waals surface area contributed by atoms with Crippen LogP contribution in [0.2, 0.25) is 0 Å². The molecule has 3 N–H and O–H groups in total. The lowest BCUT2D eigenvalue weighted by Gasteiger charge is -2.04. The van der Waals surface area contributed by atoms with Gasteiger partial charge in [-0.05, 0) is 13.8 Å². The van der Waals surface area contributed by atoms with Crippen molar-refractivity contribution in [1.29, 1.82) is 0 Å². The lowest BCUT2D eigenvalue weighted by Crippen LogP contribution is -2.19. The molecule has 2 aromatic rings. The molecule has 0 fully saturated rings. The maximum absolute atomic E-state index is 11.9. The Balaban J connectivity index is 1.92. The van der Waals surface area contributed by atoms with Gasteiger partial charge in [0.2, 0.25) is 5.91 Å². The standard InChI is InChI=1S/C12H16N6O3/c1-7-12(8(2)15-14-7)13-10(19)6-18-5-9(16-17-18)3-4-11(20)21/h5H,3-4,6H2,1-2H3,(H,13,19)(H,14,15)(H,20,21). The molecule has 0 aliphatic carbocycles. The summed E-state index contributed by atoms with van der Waals surface area (Å²) < 4.78 is 1.37. The third-order valence-electron chi connectivity index (χ3n) is 2.88. The van der Waals surface area contributed by atoms with Crippen LogP contribution in [0.15, 0.2) is 6.20 Å². The van der Waals surface area contributed by atoms with E-state index in [0.717, 1.165) is 5.69 Å². The summed E-state index contributed by atoms with van der Waals surface area (Å²) in [4.78, 5) is 22.4. The molecule has 1 amide bonds. The van der Waals surface area contributed by atoms with Crippen LogP contribution in [0.3, 0.4) is 0 Å². The minimum atomic E-state index is -0.895. The Kier molecular flexibility index (Phi) is 4.31. The molecule has 0 aromatic carbocycles. The van der Waals surface area contributed by atoms with Crippen molar-refractivity contribution in [3.8, 4) is 0 Å². The first-order valence-corrected chi connectivity index (χ1v) is 6.38. The fourth-order valence-corrected chi connectivity index (χ4v) is 1.83. The van der Waals surface area contributed by atoms with Crippen molar-refractivity contribution in [3.63, 3.8) is 0 Å². The highest BCUT2D eigenvalue weighted by Gasteiger charge is 2.12. The van der Waals surface area contributed by atoms with Gasteiger partial charge in [0.15, 0.2) is 0 Å². The van der Waals surface area contributed by atoms with Gasteiger partial charge in [-0.3, -0.25) is 14.7 Å². The van der Waals surface area contributed by atoms with Crippen LogP contribution in [-0.4, -0.2) is 42.2 Å². The molecule has 0 unspecified atom stereocenters. The van der Waals surface area contributed by atoms with Gasteiger partial charge in [-0.1, -0.05) is 5.21 Å². The van der Waals surface area contributed by atoms with E-state index in [0.29, 0.717) is 17.1 Å². The van der Waals surface area contributed by atoms with Crippen LogP contribution < -0.4 is 5.32 Å². The summed E-state index contributed by atoms with van der Waals surface area (Å²) in [5, 5.41) is 25.7. The number of H-pyrrole nitrogens is 1. The topological polar surface area (TPSA) is 126 Å². The molecule has 0 aliphatic heterocycles. The zero-order valence-corrected chi connectivity index (χ0v) is 11.8. The van der Waals surface area contributed by atoms with Gasteiger partial charge in [0.25, 0.3) is 0 Å². The Hall–Kier alpha value is -2.71. The Bertz CT molecular complexity index is 640. The predicted molar refractivity (Wildman–Crippen MR) is 72.7 cm³/mol.